The fraction of sp³-hybridized carbons (Fsp3) is 0.857. The number of ether oxygens (including phenoxy) is 1. The van der Waals surface area contributed by atoms with Gasteiger partial charge < -0.3 is 14.9 Å². The highest BCUT2D eigenvalue weighted by Gasteiger charge is 2.39. The highest BCUT2D eigenvalue weighted by molar-refractivity contribution is 5.12. The lowest BCUT2D eigenvalue weighted by atomic mass is 10.0. The third-order valence-electron chi connectivity index (χ3n) is 3.41. The number of hydrogen-bond donors (Lipinski definition) is 3. The number of hydrogen-bond acceptors (Lipinski definition) is 4. The quantitative estimate of drug-likeness (QED) is 0.456. The molecule has 0 saturated carbocycles. The van der Waals surface area contributed by atoms with Gasteiger partial charge in [0.2, 0.25) is 0 Å². The maximum atomic E-state index is 9.34. The summed E-state index contributed by atoms with van der Waals surface area (Å²) in [5.41, 5.74) is 0.567. The minimum Gasteiger partial charge on any atom is -0.394 e. The van der Waals surface area contributed by atoms with Crippen LogP contribution >= 0.6 is 0 Å². The number of aliphatic hydroxyl groups is 2. The summed E-state index contributed by atoms with van der Waals surface area (Å²) in [7, 11) is 0. The zero-order valence-electron chi connectivity index (χ0n) is 11.6. The van der Waals surface area contributed by atoms with Crippen molar-refractivity contribution in [3.05, 3.63) is 11.6 Å². The molecule has 0 aliphatic carbocycles. The first-order valence-electron chi connectivity index (χ1n) is 7.01. The van der Waals surface area contributed by atoms with Crippen LogP contribution in [0, 0.1) is 0 Å². The van der Waals surface area contributed by atoms with Gasteiger partial charge in [0.1, 0.15) is 6.23 Å². The van der Waals surface area contributed by atoms with Gasteiger partial charge in [0, 0.05) is 0 Å². The molecule has 1 fully saturated rings. The lowest BCUT2D eigenvalue weighted by Crippen LogP contribution is -2.51. The molecule has 1 heterocycles. The van der Waals surface area contributed by atoms with Crippen molar-refractivity contribution >= 4 is 0 Å². The van der Waals surface area contributed by atoms with Gasteiger partial charge in [-0.15, -0.1) is 0 Å². The van der Waals surface area contributed by atoms with Crippen molar-refractivity contribution in [2.75, 3.05) is 19.8 Å². The maximum absolute atomic E-state index is 9.34. The van der Waals surface area contributed by atoms with Gasteiger partial charge in [-0.05, 0) is 18.4 Å². The van der Waals surface area contributed by atoms with Gasteiger partial charge in [-0.1, -0.05) is 39.2 Å². The van der Waals surface area contributed by atoms with Crippen molar-refractivity contribution in [2.45, 2.75) is 57.7 Å². The second kappa shape index (κ2) is 7.89. The molecule has 1 unspecified atom stereocenters. The summed E-state index contributed by atoms with van der Waals surface area (Å²) < 4.78 is 5.70. The average Bonchev–Trinajstić information content (AvgIpc) is 2.83. The van der Waals surface area contributed by atoms with Crippen molar-refractivity contribution in [3.8, 4) is 0 Å². The molecule has 4 nitrogen and oxygen atoms in total. The van der Waals surface area contributed by atoms with E-state index in [0.717, 1.165) is 19.3 Å². The number of rotatable bonds is 8. The van der Waals surface area contributed by atoms with E-state index in [9.17, 15) is 10.2 Å². The Morgan fingerprint density at radius 1 is 1.33 bits per heavy atom. The lowest BCUT2D eigenvalue weighted by Gasteiger charge is -2.24. The molecule has 18 heavy (non-hydrogen) atoms. The van der Waals surface area contributed by atoms with E-state index in [-0.39, 0.29) is 19.4 Å². The van der Waals surface area contributed by atoms with Gasteiger partial charge in [-0.25, -0.2) is 0 Å². The topological polar surface area (TPSA) is 61.7 Å². The van der Waals surface area contributed by atoms with Crippen molar-refractivity contribution in [1.82, 2.24) is 5.32 Å². The van der Waals surface area contributed by atoms with Crippen LogP contribution in [0.2, 0.25) is 0 Å². The van der Waals surface area contributed by atoms with Gasteiger partial charge in [0.25, 0.3) is 0 Å². The number of unbranched alkanes of at least 4 members (excludes halogenated alkanes) is 2. The second-order valence-corrected chi connectivity index (χ2v) is 5.10. The zero-order valence-corrected chi connectivity index (χ0v) is 11.6. The van der Waals surface area contributed by atoms with Crippen LogP contribution in [-0.4, -0.2) is 41.8 Å². The molecule has 0 aromatic rings. The minimum absolute atomic E-state index is 0.103. The summed E-state index contributed by atoms with van der Waals surface area (Å²) in [5, 5.41) is 21.9. The lowest BCUT2D eigenvalue weighted by molar-refractivity contribution is 0.0826. The highest BCUT2D eigenvalue weighted by Crippen LogP contribution is 2.23. The molecule has 106 valence electrons. The SMILES string of the molecule is CCCC/C=C(\CCC)C1NC(CO)(CO)CO1. The first kappa shape index (κ1) is 15.6. The first-order valence-corrected chi connectivity index (χ1v) is 7.01. The molecule has 0 aromatic heterocycles. The molecule has 0 aromatic carbocycles. The van der Waals surface area contributed by atoms with E-state index in [1.807, 2.05) is 0 Å². The van der Waals surface area contributed by atoms with Gasteiger partial charge in [-0.2, -0.15) is 0 Å². The van der Waals surface area contributed by atoms with E-state index in [2.05, 4.69) is 25.2 Å². The summed E-state index contributed by atoms with van der Waals surface area (Å²) >= 11 is 0. The first-order chi connectivity index (χ1) is 8.71. The van der Waals surface area contributed by atoms with Crippen LogP contribution in [-0.2, 0) is 4.74 Å². The molecule has 0 spiro atoms. The molecule has 4 heteroatoms. The van der Waals surface area contributed by atoms with Crippen LogP contribution in [0.25, 0.3) is 0 Å². The van der Waals surface area contributed by atoms with Crippen LogP contribution in [0.1, 0.15) is 46.0 Å². The Morgan fingerprint density at radius 2 is 2.06 bits per heavy atom. The molecule has 0 amide bonds. The Hall–Kier alpha value is -0.420. The fourth-order valence-corrected chi connectivity index (χ4v) is 2.16. The highest BCUT2D eigenvalue weighted by atomic mass is 16.5. The van der Waals surface area contributed by atoms with Crippen molar-refractivity contribution in [3.63, 3.8) is 0 Å². The Balaban J connectivity index is 2.62. The van der Waals surface area contributed by atoms with Gasteiger partial charge in [-0.3, -0.25) is 5.32 Å². The summed E-state index contributed by atoms with van der Waals surface area (Å²) in [6.45, 7) is 4.48. The molecule has 0 bridgehead atoms. The van der Waals surface area contributed by atoms with Gasteiger partial charge in [0.05, 0.1) is 25.4 Å². The molecule has 1 atom stereocenters. The third kappa shape index (κ3) is 4.05. The Kier molecular flexibility index (Phi) is 6.86. The number of aliphatic hydroxyl groups excluding tert-OH is 2. The van der Waals surface area contributed by atoms with Crippen molar-refractivity contribution < 1.29 is 14.9 Å². The van der Waals surface area contributed by atoms with Gasteiger partial charge in [0.15, 0.2) is 0 Å². The molecule has 1 aliphatic heterocycles. The molecule has 1 rings (SSSR count). The molecule has 1 aliphatic rings. The summed E-state index contributed by atoms with van der Waals surface area (Å²) in [5.74, 6) is 0. The van der Waals surface area contributed by atoms with Crippen LogP contribution in [0.5, 0.6) is 0 Å². The van der Waals surface area contributed by atoms with Crippen molar-refractivity contribution in [2.24, 2.45) is 0 Å². The Bertz CT molecular complexity index is 262. The molecule has 3 N–H and O–H groups in total. The van der Waals surface area contributed by atoms with Crippen LogP contribution in [0.15, 0.2) is 11.6 Å². The predicted molar refractivity (Wildman–Crippen MR) is 72.3 cm³/mol. The van der Waals surface area contributed by atoms with Crippen molar-refractivity contribution in [1.29, 1.82) is 0 Å². The standard InChI is InChI=1S/C14H27NO3/c1-3-5-6-8-12(7-4-2)13-15-14(9-16,10-17)11-18-13/h8,13,15-17H,3-7,9-11H2,1-2H3/b12-8+. The average molecular weight is 257 g/mol. The smallest absolute Gasteiger partial charge is 0.130 e. The zero-order chi connectivity index (χ0) is 13.4. The minimum atomic E-state index is -0.678. The van der Waals surface area contributed by atoms with Crippen LogP contribution in [0.3, 0.4) is 0 Å². The monoisotopic (exact) mass is 257 g/mol. The van der Waals surface area contributed by atoms with Crippen LogP contribution < -0.4 is 5.32 Å². The Labute approximate surface area is 110 Å². The number of nitrogens with one attached hydrogen (secondary N) is 1. The summed E-state index contributed by atoms with van der Waals surface area (Å²) in [6, 6.07) is 0. The fourth-order valence-electron chi connectivity index (χ4n) is 2.16. The largest absolute Gasteiger partial charge is 0.394 e. The van der Waals surface area contributed by atoms with E-state index in [4.69, 9.17) is 4.74 Å². The third-order valence-corrected chi connectivity index (χ3v) is 3.41. The molecule has 0 radical (unpaired) electrons. The predicted octanol–water partition coefficient (Wildman–Crippen LogP) is 1.57. The van der Waals surface area contributed by atoms with E-state index in [1.165, 1.54) is 18.4 Å². The van der Waals surface area contributed by atoms with E-state index in [0.29, 0.717) is 6.61 Å². The van der Waals surface area contributed by atoms with E-state index < -0.39 is 5.54 Å². The normalized spacial score (nSPS) is 23.6. The van der Waals surface area contributed by atoms with Gasteiger partial charge >= 0.3 is 0 Å². The maximum Gasteiger partial charge on any atom is 0.130 e. The Morgan fingerprint density at radius 3 is 2.56 bits per heavy atom. The summed E-state index contributed by atoms with van der Waals surface area (Å²) in [4.78, 5) is 0. The molecular formula is C14H27NO3. The molecule has 1 saturated heterocycles. The summed E-state index contributed by atoms with van der Waals surface area (Å²) in [6.07, 6.45) is 7.60. The van der Waals surface area contributed by atoms with Crippen LogP contribution in [0.4, 0.5) is 0 Å². The second-order valence-electron chi connectivity index (χ2n) is 5.10. The molecular weight excluding hydrogens is 230 g/mol. The van der Waals surface area contributed by atoms with E-state index in [1.54, 1.807) is 0 Å². The number of allylic oxidation sites excluding steroid dienone is 1. The van der Waals surface area contributed by atoms with E-state index >= 15 is 0 Å².